The van der Waals surface area contributed by atoms with Crippen LogP contribution in [0.1, 0.15) is 11.1 Å². The highest BCUT2D eigenvalue weighted by atomic mass is 35.5. The fourth-order valence-corrected chi connectivity index (χ4v) is 0.836. The number of rotatable bonds is 0. The molecule has 0 saturated heterocycles. The highest BCUT2D eigenvalue weighted by Gasteiger charge is 2.12. The van der Waals surface area contributed by atoms with E-state index in [9.17, 15) is 0 Å². The molecule has 1 aliphatic carbocycles. The largest absolute Gasteiger partial charge is 0.344 e. The Morgan fingerprint density at radius 3 is 1.78 bits per heavy atom. The zero-order valence-electron chi connectivity index (χ0n) is 5.13. The number of hydrogen-bond donors (Lipinski definition) is 1. The van der Waals surface area contributed by atoms with E-state index in [-0.39, 0.29) is 18.6 Å². The second-order valence-electron chi connectivity index (χ2n) is 1.95. The molecule has 0 aromatic heterocycles. The van der Waals surface area contributed by atoms with Crippen LogP contribution in [0.25, 0.3) is 0 Å². The second kappa shape index (κ2) is 2.85. The maximum Gasteiger partial charge on any atom is -0.00201 e. The first-order valence-electron chi connectivity index (χ1n) is 2.53. The van der Waals surface area contributed by atoms with Gasteiger partial charge in [0.25, 0.3) is 0 Å². The lowest BCUT2D eigenvalue weighted by Gasteiger charge is -1.69. The van der Waals surface area contributed by atoms with Gasteiger partial charge in [-0.3, -0.25) is 0 Å². The van der Waals surface area contributed by atoms with Crippen molar-refractivity contribution in [1.29, 1.82) is 0 Å². The minimum absolute atomic E-state index is 0. The topological polar surface area (TPSA) is 35.0 Å². The van der Waals surface area contributed by atoms with Gasteiger partial charge >= 0.3 is 0 Å². The lowest BCUT2D eigenvalue weighted by molar-refractivity contribution is 1.61. The Morgan fingerprint density at radius 1 is 1.00 bits per heavy atom. The molecule has 3 N–H and O–H groups in total. The molecular weight excluding hydrogens is 134 g/mol. The Kier molecular flexibility index (Phi) is 2.68. The van der Waals surface area contributed by atoms with E-state index >= 15 is 0 Å². The molecule has 2 heteroatoms. The van der Waals surface area contributed by atoms with Gasteiger partial charge in [-0.1, -0.05) is 24.3 Å². The molecule has 1 aromatic rings. The predicted molar refractivity (Wildman–Crippen MR) is 41.5 cm³/mol. The summed E-state index contributed by atoms with van der Waals surface area (Å²) in [7, 11) is 0. The van der Waals surface area contributed by atoms with Crippen LogP contribution in [0.5, 0.6) is 0 Å². The Labute approximate surface area is 61.1 Å². The molecule has 0 spiro atoms. The summed E-state index contributed by atoms with van der Waals surface area (Å²) in [4.78, 5) is 0. The third-order valence-corrected chi connectivity index (χ3v) is 1.37. The highest BCUT2D eigenvalue weighted by Crippen LogP contribution is 2.25. The van der Waals surface area contributed by atoms with Crippen molar-refractivity contribution in [2.45, 2.75) is 6.42 Å². The minimum atomic E-state index is 0. The van der Waals surface area contributed by atoms with Crippen LogP contribution in [0.2, 0.25) is 0 Å². The van der Waals surface area contributed by atoms with Crippen molar-refractivity contribution in [3.05, 3.63) is 35.4 Å². The summed E-state index contributed by atoms with van der Waals surface area (Å²) in [5, 5.41) is 0. The summed E-state index contributed by atoms with van der Waals surface area (Å²) < 4.78 is 0. The third kappa shape index (κ3) is 1.44. The average Bonchev–Trinajstić information content (AvgIpc) is 2.41. The average molecular weight is 144 g/mol. The van der Waals surface area contributed by atoms with E-state index in [4.69, 9.17) is 0 Å². The van der Waals surface area contributed by atoms with E-state index < -0.39 is 0 Å². The van der Waals surface area contributed by atoms with Gasteiger partial charge in [0.15, 0.2) is 0 Å². The van der Waals surface area contributed by atoms with Crippen LogP contribution in [0.3, 0.4) is 0 Å². The molecule has 0 fully saturated rings. The van der Waals surface area contributed by atoms with Crippen LogP contribution >= 0.6 is 12.4 Å². The molecule has 0 heterocycles. The van der Waals surface area contributed by atoms with Crippen LogP contribution in [0.15, 0.2) is 24.3 Å². The lowest BCUT2D eigenvalue weighted by Crippen LogP contribution is -1.48. The molecule has 1 aromatic carbocycles. The van der Waals surface area contributed by atoms with Gasteiger partial charge in [0.2, 0.25) is 0 Å². The Balaban J connectivity index is 0.000000320. The van der Waals surface area contributed by atoms with Gasteiger partial charge in [-0.2, -0.15) is 0 Å². The fourth-order valence-electron chi connectivity index (χ4n) is 0.836. The maximum atomic E-state index is 2.18. The minimum Gasteiger partial charge on any atom is -0.344 e. The van der Waals surface area contributed by atoms with E-state index in [0.717, 1.165) is 0 Å². The van der Waals surface area contributed by atoms with E-state index in [2.05, 4.69) is 24.3 Å². The van der Waals surface area contributed by atoms with Crippen LogP contribution < -0.4 is 6.15 Å². The molecular formula is C7H10ClN. The summed E-state index contributed by atoms with van der Waals surface area (Å²) in [6.07, 6.45) is 1.24. The van der Waals surface area contributed by atoms with E-state index in [1.165, 1.54) is 17.5 Å². The van der Waals surface area contributed by atoms with Crippen LogP contribution in [0.4, 0.5) is 0 Å². The number of halogens is 1. The van der Waals surface area contributed by atoms with E-state index in [1.54, 1.807) is 0 Å². The van der Waals surface area contributed by atoms with Gasteiger partial charge in [0, 0.05) is 0 Å². The molecule has 9 heavy (non-hydrogen) atoms. The van der Waals surface area contributed by atoms with Gasteiger partial charge in [-0.15, -0.1) is 12.4 Å². The fraction of sp³-hybridized carbons (Fsp3) is 0.143. The van der Waals surface area contributed by atoms with E-state index in [1.807, 2.05) is 0 Å². The first-order valence-corrected chi connectivity index (χ1v) is 2.53. The Morgan fingerprint density at radius 2 is 1.44 bits per heavy atom. The summed E-state index contributed by atoms with van der Waals surface area (Å²) in [6.45, 7) is 0. The zero-order valence-corrected chi connectivity index (χ0v) is 5.95. The van der Waals surface area contributed by atoms with Crippen molar-refractivity contribution in [2.75, 3.05) is 0 Å². The number of benzene rings is 1. The lowest BCUT2D eigenvalue weighted by atomic mass is 10.4. The smallest absolute Gasteiger partial charge is 0.00201 e. The highest BCUT2D eigenvalue weighted by molar-refractivity contribution is 5.85. The quantitative estimate of drug-likeness (QED) is 0.603. The molecule has 0 radical (unpaired) electrons. The van der Waals surface area contributed by atoms with Crippen molar-refractivity contribution >= 4 is 12.4 Å². The number of fused-ring (bicyclic) bond motifs is 1. The normalized spacial score (nSPS) is 10.2. The first-order chi connectivity index (χ1) is 3.47. The van der Waals surface area contributed by atoms with Gasteiger partial charge in [0.05, 0.1) is 0 Å². The van der Waals surface area contributed by atoms with Crippen LogP contribution in [0, 0.1) is 0 Å². The molecule has 0 unspecified atom stereocenters. The monoisotopic (exact) mass is 143 g/mol. The first kappa shape index (κ1) is 8.47. The molecule has 0 atom stereocenters. The molecule has 2 rings (SSSR count). The summed E-state index contributed by atoms with van der Waals surface area (Å²) in [5.74, 6) is 0. The summed E-state index contributed by atoms with van der Waals surface area (Å²) in [5.41, 5.74) is 3.06. The van der Waals surface area contributed by atoms with Crippen molar-refractivity contribution in [1.82, 2.24) is 6.15 Å². The van der Waals surface area contributed by atoms with Gasteiger partial charge in [0.1, 0.15) is 0 Å². The molecule has 0 bridgehead atoms. The zero-order chi connectivity index (χ0) is 4.69. The molecule has 1 nitrogen and oxygen atoms in total. The molecule has 0 amide bonds. The van der Waals surface area contributed by atoms with Gasteiger partial charge in [-0.05, 0) is 17.5 Å². The van der Waals surface area contributed by atoms with Crippen LogP contribution in [-0.2, 0) is 6.42 Å². The van der Waals surface area contributed by atoms with E-state index in [0.29, 0.717) is 0 Å². The molecule has 0 saturated carbocycles. The van der Waals surface area contributed by atoms with Gasteiger partial charge in [-0.25, -0.2) is 0 Å². The van der Waals surface area contributed by atoms with Crippen LogP contribution in [-0.4, -0.2) is 0 Å². The van der Waals surface area contributed by atoms with Crippen molar-refractivity contribution in [2.24, 2.45) is 0 Å². The molecule has 0 aliphatic heterocycles. The molecule has 1 aliphatic rings. The standard InChI is InChI=1S/C7H6.ClH.H3N/c1-2-4-7-5-6(7)3-1;;/h1-4H,5H2;1H;1H3. The molecule has 50 valence electrons. The van der Waals surface area contributed by atoms with Gasteiger partial charge < -0.3 is 6.15 Å². The van der Waals surface area contributed by atoms with Crippen molar-refractivity contribution in [3.63, 3.8) is 0 Å². The Bertz CT molecular complexity index is 177. The Hall–Kier alpha value is -0.530. The van der Waals surface area contributed by atoms with Crippen molar-refractivity contribution in [3.8, 4) is 0 Å². The maximum absolute atomic E-state index is 2.18. The summed E-state index contributed by atoms with van der Waals surface area (Å²) in [6, 6.07) is 8.53. The number of hydrogen-bond acceptors (Lipinski definition) is 1. The summed E-state index contributed by atoms with van der Waals surface area (Å²) >= 11 is 0. The van der Waals surface area contributed by atoms with Crippen molar-refractivity contribution < 1.29 is 0 Å². The SMILES string of the molecule is Cl.N.c1ccc2c(c1)C2. The third-order valence-electron chi connectivity index (χ3n) is 1.37. The second-order valence-corrected chi connectivity index (χ2v) is 1.95. The predicted octanol–water partition coefficient (Wildman–Crippen LogP) is 2.17.